The molecular formula is C24H31N3O3. The van der Waals surface area contributed by atoms with Gasteiger partial charge in [-0.3, -0.25) is 14.5 Å². The maximum absolute atomic E-state index is 12.7. The van der Waals surface area contributed by atoms with Crippen LogP contribution in [-0.2, 0) is 11.3 Å². The Morgan fingerprint density at radius 3 is 2.63 bits per heavy atom. The molecule has 0 bridgehead atoms. The summed E-state index contributed by atoms with van der Waals surface area (Å²) in [6, 6.07) is 14.6. The molecule has 6 heteroatoms. The van der Waals surface area contributed by atoms with Gasteiger partial charge in [-0.2, -0.15) is 0 Å². The van der Waals surface area contributed by atoms with Crippen molar-refractivity contribution in [3.8, 4) is 5.75 Å². The van der Waals surface area contributed by atoms with Crippen molar-refractivity contribution in [2.75, 3.05) is 18.5 Å². The van der Waals surface area contributed by atoms with Crippen molar-refractivity contribution < 1.29 is 14.3 Å². The lowest BCUT2D eigenvalue weighted by Gasteiger charge is -2.23. The van der Waals surface area contributed by atoms with Crippen LogP contribution in [0.3, 0.4) is 0 Å². The Bertz CT molecular complexity index is 851. The van der Waals surface area contributed by atoms with E-state index in [2.05, 4.69) is 17.1 Å². The number of likely N-dealkylation sites (tertiary alicyclic amines) is 1. The molecule has 0 saturated carbocycles. The van der Waals surface area contributed by atoms with E-state index in [1.54, 1.807) is 12.1 Å². The molecule has 0 radical (unpaired) electrons. The third-order valence-corrected chi connectivity index (χ3v) is 5.46. The molecule has 3 N–H and O–H groups in total. The highest BCUT2D eigenvalue weighted by Crippen LogP contribution is 2.24. The molecule has 1 aliphatic heterocycles. The number of amides is 2. The van der Waals surface area contributed by atoms with E-state index in [4.69, 9.17) is 10.5 Å². The predicted molar refractivity (Wildman–Crippen MR) is 118 cm³/mol. The zero-order chi connectivity index (χ0) is 21.3. The fraction of sp³-hybridized carbons (Fsp3) is 0.417. The highest BCUT2D eigenvalue weighted by molar-refractivity contribution is 6.04. The van der Waals surface area contributed by atoms with Gasteiger partial charge in [0.1, 0.15) is 5.75 Å². The number of carbonyl (C=O) groups excluding carboxylic acids is 2. The quantitative estimate of drug-likeness (QED) is 0.582. The van der Waals surface area contributed by atoms with Gasteiger partial charge >= 0.3 is 0 Å². The fourth-order valence-corrected chi connectivity index (χ4v) is 3.78. The highest BCUT2D eigenvalue weighted by Gasteiger charge is 2.29. The maximum Gasteiger partial charge on any atom is 0.255 e. The molecule has 2 aromatic rings. The lowest BCUT2D eigenvalue weighted by molar-refractivity contribution is -0.122. The van der Waals surface area contributed by atoms with Gasteiger partial charge in [-0.25, -0.2) is 0 Å². The summed E-state index contributed by atoms with van der Waals surface area (Å²) in [5.41, 5.74) is 7.82. The van der Waals surface area contributed by atoms with E-state index >= 15 is 0 Å². The first-order valence-corrected chi connectivity index (χ1v) is 10.7. The van der Waals surface area contributed by atoms with Crippen LogP contribution in [0.4, 0.5) is 5.69 Å². The molecule has 2 aromatic carbocycles. The van der Waals surface area contributed by atoms with Crippen LogP contribution in [-0.4, -0.2) is 35.9 Å². The smallest absolute Gasteiger partial charge is 0.255 e. The molecule has 3 rings (SSSR count). The van der Waals surface area contributed by atoms with E-state index in [0.29, 0.717) is 18.7 Å². The molecule has 0 spiro atoms. The highest BCUT2D eigenvalue weighted by atomic mass is 16.5. The Morgan fingerprint density at radius 2 is 1.90 bits per heavy atom. The molecule has 1 aliphatic rings. The molecule has 1 unspecified atom stereocenters. The number of nitrogens with two attached hydrogens (primary N) is 1. The molecule has 6 nitrogen and oxygen atoms in total. The number of unbranched alkanes of at least 4 members (excludes halogenated alkanes) is 2. The summed E-state index contributed by atoms with van der Waals surface area (Å²) in [5, 5.41) is 3.00. The third-order valence-electron chi connectivity index (χ3n) is 5.46. The van der Waals surface area contributed by atoms with Crippen LogP contribution in [0.15, 0.2) is 48.5 Å². The van der Waals surface area contributed by atoms with E-state index in [-0.39, 0.29) is 17.9 Å². The Kier molecular flexibility index (Phi) is 7.85. The number of primary amides is 1. The summed E-state index contributed by atoms with van der Waals surface area (Å²) >= 11 is 0. The molecular weight excluding hydrogens is 378 g/mol. The molecule has 1 fully saturated rings. The third kappa shape index (κ3) is 5.83. The molecule has 2 amide bonds. The van der Waals surface area contributed by atoms with Crippen LogP contribution >= 0.6 is 0 Å². The van der Waals surface area contributed by atoms with Gasteiger partial charge in [0.25, 0.3) is 5.91 Å². The van der Waals surface area contributed by atoms with Gasteiger partial charge in [0, 0.05) is 17.8 Å². The first-order chi connectivity index (χ1) is 14.6. The van der Waals surface area contributed by atoms with Crippen molar-refractivity contribution in [1.82, 2.24) is 4.90 Å². The van der Waals surface area contributed by atoms with E-state index in [0.717, 1.165) is 55.6 Å². The van der Waals surface area contributed by atoms with Crippen molar-refractivity contribution >= 4 is 17.5 Å². The van der Waals surface area contributed by atoms with Gasteiger partial charge in [-0.1, -0.05) is 38.0 Å². The number of nitrogens with zero attached hydrogens (tertiary/aromatic N) is 1. The molecule has 1 saturated heterocycles. The van der Waals surface area contributed by atoms with Crippen LogP contribution in [0.25, 0.3) is 0 Å². The number of para-hydroxylation sites is 1. The predicted octanol–water partition coefficient (Wildman–Crippen LogP) is 3.96. The van der Waals surface area contributed by atoms with Gasteiger partial charge in [0.15, 0.2) is 0 Å². The second-order valence-electron chi connectivity index (χ2n) is 7.72. The van der Waals surface area contributed by atoms with Crippen molar-refractivity contribution in [2.24, 2.45) is 5.73 Å². The second-order valence-corrected chi connectivity index (χ2v) is 7.72. The van der Waals surface area contributed by atoms with Crippen molar-refractivity contribution in [3.05, 3.63) is 59.7 Å². The minimum absolute atomic E-state index is 0.173. The number of benzene rings is 2. The van der Waals surface area contributed by atoms with Crippen LogP contribution in [0, 0.1) is 0 Å². The zero-order valence-corrected chi connectivity index (χ0v) is 17.6. The number of hydrogen-bond donors (Lipinski definition) is 2. The lowest BCUT2D eigenvalue weighted by Crippen LogP contribution is -2.39. The molecule has 1 heterocycles. The summed E-state index contributed by atoms with van der Waals surface area (Å²) in [6.07, 6.45) is 5.08. The molecule has 0 aliphatic carbocycles. The number of carbonyl (C=O) groups is 2. The van der Waals surface area contributed by atoms with E-state index in [1.165, 1.54) is 0 Å². The Hall–Kier alpha value is -2.86. The van der Waals surface area contributed by atoms with Gasteiger partial charge < -0.3 is 15.8 Å². The van der Waals surface area contributed by atoms with Crippen molar-refractivity contribution in [3.63, 3.8) is 0 Å². The topological polar surface area (TPSA) is 84.7 Å². The van der Waals surface area contributed by atoms with Gasteiger partial charge in [-0.15, -0.1) is 0 Å². The monoisotopic (exact) mass is 409 g/mol. The molecule has 160 valence electrons. The van der Waals surface area contributed by atoms with E-state index < -0.39 is 0 Å². The number of ether oxygens (including phenoxy) is 1. The first kappa shape index (κ1) is 21.8. The van der Waals surface area contributed by atoms with Crippen LogP contribution < -0.4 is 15.8 Å². The standard InChI is InChI=1S/C24H31N3O3/c1-2-3-6-16-30-20-13-11-18(12-14-20)24(29)26-21-9-5-4-8-19(21)17-27-15-7-10-22(27)23(25)28/h4-5,8-9,11-14,22H,2-3,6-7,10,15-17H2,1H3,(H2,25,28)(H,26,29). The van der Waals surface area contributed by atoms with Gasteiger partial charge in [0.2, 0.25) is 5.91 Å². The minimum atomic E-state index is -0.286. The summed E-state index contributed by atoms with van der Waals surface area (Å²) in [5.74, 6) is 0.313. The summed E-state index contributed by atoms with van der Waals surface area (Å²) in [4.78, 5) is 26.5. The summed E-state index contributed by atoms with van der Waals surface area (Å²) < 4.78 is 5.71. The van der Waals surface area contributed by atoms with Crippen molar-refractivity contribution in [2.45, 2.75) is 51.6 Å². The lowest BCUT2D eigenvalue weighted by atomic mass is 10.1. The largest absolute Gasteiger partial charge is 0.494 e. The average Bonchev–Trinajstić information content (AvgIpc) is 3.21. The zero-order valence-electron chi connectivity index (χ0n) is 17.6. The minimum Gasteiger partial charge on any atom is -0.494 e. The van der Waals surface area contributed by atoms with E-state index in [1.807, 2.05) is 36.4 Å². The number of hydrogen-bond acceptors (Lipinski definition) is 4. The number of rotatable bonds is 10. The number of nitrogens with one attached hydrogen (secondary N) is 1. The Morgan fingerprint density at radius 1 is 1.13 bits per heavy atom. The summed E-state index contributed by atoms with van der Waals surface area (Å²) in [6.45, 7) is 4.26. The Labute approximate surface area is 178 Å². The van der Waals surface area contributed by atoms with E-state index in [9.17, 15) is 9.59 Å². The maximum atomic E-state index is 12.7. The van der Waals surface area contributed by atoms with Crippen molar-refractivity contribution in [1.29, 1.82) is 0 Å². The average molecular weight is 410 g/mol. The molecule has 30 heavy (non-hydrogen) atoms. The number of anilines is 1. The molecule has 0 aromatic heterocycles. The Balaban J connectivity index is 1.62. The summed E-state index contributed by atoms with van der Waals surface area (Å²) in [7, 11) is 0. The fourth-order valence-electron chi connectivity index (χ4n) is 3.78. The first-order valence-electron chi connectivity index (χ1n) is 10.7. The van der Waals surface area contributed by atoms with Crippen LogP contribution in [0.1, 0.15) is 54.9 Å². The normalized spacial score (nSPS) is 16.4. The van der Waals surface area contributed by atoms with Gasteiger partial charge in [0.05, 0.1) is 12.6 Å². The van der Waals surface area contributed by atoms with Crippen LogP contribution in [0.2, 0.25) is 0 Å². The van der Waals surface area contributed by atoms with Gasteiger partial charge in [-0.05, 0) is 61.7 Å². The SMILES string of the molecule is CCCCCOc1ccc(C(=O)Nc2ccccc2CN2CCCC2C(N)=O)cc1. The molecule has 1 atom stereocenters. The second kappa shape index (κ2) is 10.8. The van der Waals surface area contributed by atoms with Crippen LogP contribution in [0.5, 0.6) is 5.75 Å².